The molecule has 0 spiro atoms. The number of sulfone groups is 2. The van der Waals surface area contributed by atoms with E-state index in [4.69, 9.17) is 5.11 Å². The van der Waals surface area contributed by atoms with Crippen molar-refractivity contribution in [3.05, 3.63) is 18.2 Å². The summed E-state index contributed by atoms with van der Waals surface area (Å²) in [5.41, 5.74) is 0.0507. The van der Waals surface area contributed by atoms with Gasteiger partial charge in [-0.3, -0.25) is 4.79 Å². The minimum atomic E-state index is -3.71. The van der Waals surface area contributed by atoms with Crippen LogP contribution in [0.1, 0.15) is 6.92 Å². The number of hydrogen-bond acceptors (Lipinski definition) is 6. The van der Waals surface area contributed by atoms with Crippen molar-refractivity contribution < 1.29 is 26.7 Å². The molecule has 0 amide bonds. The molecule has 0 saturated carbocycles. The average molecular weight is 321 g/mol. The molecule has 1 rings (SSSR count). The first-order chi connectivity index (χ1) is 8.93. The zero-order valence-electron chi connectivity index (χ0n) is 11.1. The van der Waals surface area contributed by atoms with Gasteiger partial charge in [0.05, 0.1) is 15.5 Å². The van der Waals surface area contributed by atoms with Crippen molar-refractivity contribution in [2.45, 2.75) is 22.8 Å². The van der Waals surface area contributed by atoms with E-state index < -0.39 is 31.7 Å². The lowest BCUT2D eigenvalue weighted by molar-refractivity contribution is -0.137. The number of anilines is 1. The topological polar surface area (TPSA) is 118 Å². The highest BCUT2D eigenvalue weighted by atomic mass is 32.2. The van der Waals surface area contributed by atoms with Crippen LogP contribution in [-0.2, 0) is 24.5 Å². The van der Waals surface area contributed by atoms with Crippen LogP contribution in [0.2, 0.25) is 0 Å². The van der Waals surface area contributed by atoms with Crippen LogP contribution in [0.5, 0.6) is 0 Å². The number of rotatable bonds is 5. The fraction of sp³-hybridized carbons (Fsp3) is 0.364. The Morgan fingerprint density at radius 1 is 1.15 bits per heavy atom. The Morgan fingerprint density at radius 3 is 2.10 bits per heavy atom. The minimum Gasteiger partial charge on any atom is -0.480 e. The summed E-state index contributed by atoms with van der Waals surface area (Å²) in [4.78, 5) is 10.4. The average Bonchev–Trinajstić information content (AvgIpc) is 2.26. The Morgan fingerprint density at radius 2 is 1.70 bits per heavy atom. The maximum absolute atomic E-state index is 11.7. The van der Waals surface area contributed by atoms with Crippen LogP contribution in [0.25, 0.3) is 0 Å². The first-order valence-corrected chi connectivity index (χ1v) is 9.24. The van der Waals surface area contributed by atoms with E-state index in [2.05, 4.69) is 5.32 Å². The van der Waals surface area contributed by atoms with Crippen molar-refractivity contribution in [3.63, 3.8) is 0 Å². The SMILES string of the molecule is CC(Nc1ccc(S(C)(=O)=O)cc1S(C)(=O)=O)C(=O)O. The monoisotopic (exact) mass is 321 g/mol. The van der Waals surface area contributed by atoms with E-state index in [0.29, 0.717) is 0 Å². The molecule has 7 nitrogen and oxygen atoms in total. The van der Waals surface area contributed by atoms with Gasteiger partial charge in [-0.1, -0.05) is 0 Å². The molecule has 2 N–H and O–H groups in total. The summed E-state index contributed by atoms with van der Waals surface area (Å²) in [6, 6.07) is 2.47. The molecule has 0 aliphatic rings. The van der Waals surface area contributed by atoms with Gasteiger partial charge in [-0.2, -0.15) is 0 Å². The molecular weight excluding hydrogens is 306 g/mol. The van der Waals surface area contributed by atoms with Gasteiger partial charge in [-0.15, -0.1) is 0 Å². The van der Waals surface area contributed by atoms with Crippen LogP contribution in [-0.4, -0.2) is 46.5 Å². The van der Waals surface area contributed by atoms with Crippen molar-refractivity contribution >= 4 is 31.3 Å². The van der Waals surface area contributed by atoms with Gasteiger partial charge in [0.25, 0.3) is 0 Å². The van der Waals surface area contributed by atoms with Gasteiger partial charge in [0, 0.05) is 12.5 Å². The summed E-state index contributed by atoms with van der Waals surface area (Å²) in [6.45, 7) is 1.35. The molecule has 1 atom stereocenters. The standard InChI is InChI=1S/C11H15NO6S2/c1-7(11(13)14)12-9-5-4-8(19(2,15)16)6-10(9)20(3,17)18/h4-7,12H,1-3H3,(H,13,14). The zero-order valence-corrected chi connectivity index (χ0v) is 12.7. The molecular formula is C11H15NO6S2. The summed E-state index contributed by atoms with van der Waals surface area (Å²) in [6.07, 6.45) is 1.88. The number of carboxylic acids is 1. The van der Waals surface area contributed by atoms with Crippen molar-refractivity contribution in [1.82, 2.24) is 0 Å². The van der Waals surface area contributed by atoms with E-state index >= 15 is 0 Å². The largest absolute Gasteiger partial charge is 0.480 e. The number of nitrogens with one attached hydrogen (secondary N) is 1. The molecule has 0 saturated heterocycles. The second kappa shape index (κ2) is 5.41. The third kappa shape index (κ3) is 3.94. The number of hydrogen-bond donors (Lipinski definition) is 2. The van der Waals surface area contributed by atoms with Crippen LogP contribution in [0.15, 0.2) is 28.0 Å². The highest BCUT2D eigenvalue weighted by molar-refractivity contribution is 7.91. The lowest BCUT2D eigenvalue weighted by Gasteiger charge is -2.15. The third-order valence-electron chi connectivity index (χ3n) is 2.52. The Bertz CT molecular complexity index is 736. The predicted octanol–water partition coefficient (Wildman–Crippen LogP) is 0.379. The zero-order chi connectivity index (χ0) is 15.7. The van der Waals surface area contributed by atoms with E-state index in [9.17, 15) is 21.6 Å². The highest BCUT2D eigenvalue weighted by Crippen LogP contribution is 2.25. The van der Waals surface area contributed by atoms with E-state index in [0.717, 1.165) is 18.6 Å². The lowest BCUT2D eigenvalue weighted by Crippen LogP contribution is -2.26. The molecule has 1 aromatic carbocycles. The number of carboxylic acid groups (broad SMARTS) is 1. The molecule has 20 heavy (non-hydrogen) atoms. The predicted molar refractivity (Wildman–Crippen MR) is 73.4 cm³/mol. The molecule has 1 unspecified atom stereocenters. The van der Waals surface area contributed by atoms with E-state index in [-0.39, 0.29) is 15.5 Å². The van der Waals surface area contributed by atoms with Gasteiger partial charge in [0.1, 0.15) is 6.04 Å². The van der Waals surface area contributed by atoms with Crippen molar-refractivity contribution in [2.24, 2.45) is 0 Å². The molecule has 112 valence electrons. The Kier molecular flexibility index (Phi) is 4.45. The number of benzene rings is 1. The fourth-order valence-corrected chi connectivity index (χ4v) is 3.04. The van der Waals surface area contributed by atoms with Gasteiger partial charge in [-0.25, -0.2) is 16.8 Å². The summed E-state index contributed by atoms with van der Waals surface area (Å²) in [7, 11) is -7.26. The van der Waals surface area contributed by atoms with Crippen molar-refractivity contribution in [1.29, 1.82) is 0 Å². The van der Waals surface area contributed by atoms with E-state index in [1.807, 2.05) is 0 Å². The van der Waals surface area contributed by atoms with Crippen LogP contribution < -0.4 is 5.32 Å². The first-order valence-electron chi connectivity index (χ1n) is 5.46. The van der Waals surface area contributed by atoms with Gasteiger partial charge in [0.2, 0.25) is 0 Å². The molecule has 9 heteroatoms. The van der Waals surface area contributed by atoms with Crippen molar-refractivity contribution in [3.8, 4) is 0 Å². The van der Waals surface area contributed by atoms with Crippen LogP contribution in [0.4, 0.5) is 5.69 Å². The highest BCUT2D eigenvalue weighted by Gasteiger charge is 2.20. The number of aliphatic carboxylic acids is 1. The lowest BCUT2D eigenvalue weighted by atomic mass is 10.2. The first kappa shape index (κ1) is 16.4. The Labute approximate surface area is 117 Å². The third-order valence-corrected chi connectivity index (χ3v) is 4.77. The second-order valence-corrected chi connectivity index (χ2v) is 8.41. The normalized spacial score (nSPS) is 13.8. The molecule has 0 aliphatic heterocycles. The van der Waals surface area contributed by atoms with Crippen molar-refractivity contribution in [2.75, 3.05) is 17.8 Å². The number of carbonyl (C=O) groups is 1. The van der Waals surface area contributed by atoms with Gasteiger partial charge in [-0.05, 0) is 25.1 Å². The summed E-state index contributed by atoms with van der Waals surface area (Å²) in [5.74, 6) is -1.16. The minimum absolute atomic E-state index is 0.0507. The Balaban J connectivity index is 3.44. The van der Waals surface area contributed by atoms with Gasteiger partial charge in [0.15, 0.2) is 19.7 Å². The summed E-state index contributed by atoms with van der Waals surface area (Å²) in [5, 5.41) is 11.3. The maximum atomic E-state index is 11.7. The summed E-state index contributed by atoms with van der Waals surface area (Å²) >= 11 is 0. The molecule has 0 radical (unpaired) electrons. The van der Waals surface area contributed by atoms with Gasteiger partial charge >= 0.3 is 5.97 Å². The van der Waals surface area contributed by atoms with E-state index in [1.54, 1.807) is 0 Å². The molecule has 0 heterocycles. The van der Waals surface area contributed by atoms with Crippen LogP contribution >= 0.6 is 0 Å². The molecule has 0 aromatic heterocycles. The molecule has 0 fully saturated rings. The van der Waals surface area contributed by atoms with Crippen LogP contribution in [0, 0.1) is 0 Å². The molecule has 1 aromatic rings. The van der Waals surface area contributed by atoms with E-state index in [1.165, 1.54) is 19.1 Å². The summed E-state index contributed by atoms with van der Waals surface area (Å²) < 4.78 is 46.3. The quantitative estimate of drug-likeness (QED) is 0.805. The Hall–Kier alpha value is -1.61. The molecule has 0 bridgehead atoms. The second-order valence-electron chi connectivity index (χ2n) is 4.41. The van der Waals surface area contributed by atoms with Gasteiger partial charge < -0.3 is 10.4 Å². The molecule has 0 aliphatic carbocycles. The maximum Gasteiger partial charge on any atom is 0.325 e. The van der Waals surface area contributed by atoms with Crippen LogP contribution in [0.3, 0.4) is 0 Å². The fourth-order valence-electron chi connectivity index (χ4n) is 1.45. The smallest absolute Gasteiger partial charge is 0.325 e.